The van der Waals surface area contributed by atoms with E-state index in [-0.39, 0.29) is 23.4 Å². The van der Waals surface area contributed by atoms with Crippen LogP contribution in [0, 0.1) is 0 Å². The van der Waals surface area contributed by atoms with E-state index in [0.29, 0.717) is 11.4 Å². The number of nitrogens with one attached hydrogen (secondary N) is 3. The highest BCUT2D eigenvalue weighted by Crippen LogP contribution is 2.31. The summed E-state index contributed by atoms with van der Waals surface area (Å²) in [6.45, 7) is 0. The molecule has 1 atom stereocenters. The minimum atomic E-state index is -4.54. The molecule has 3 N–H and O–H groups in total. The van der Waals surface area contributed by atoms with Crippen molar-refractivity contribution in [1.29, 1.82) is 0 Å². The van der Waals surface area contributed by atoms with Crippen LogP contribution in [0.25, 0.3) is 0 Å². The van der Waals surface area contributed by atoms with Crippen molar-refractivity contribution in [3.63, 3.8) is 0 Å². The molecule has 0 unspecified atom stereocenters. The number of alkyl halides is 3. The first-order valence-corrected chi connectivity index (χ1v) is 10.1. The molecule has 3 amide bonds. The van der Waals surface area contributed by atoms with Crippen LogP contribution < -0.4 is 20.7 Å². The first-order chi connectivity index (χ1) is 16.2. The predicted octanol–water partition coefficient (Wildman–Crippen LogP) is 4.69. The maximum Gasteiger partial charge on any atom is 0.416 e. The highest BCUT2D eigenvalue weighted by Gasteiger charge is 2.31. The molecule has 0 aromatic heterocycles. The Bertz CT molecular complexity index is 1260. The van der Waals surface area contributed by atoms with Crippen molar-refractivity contribution in [2.45, 2.75) is 18.7 Å². The van der Waals surface area contributed by atoms with Crippen LogP contribution in [0.15, 0.2) is 72.8 Å². The Morgan fingerprint density at radius 1 is 0.912 bits per heavy atom. The van der Waals surface area contributed by atoms with Crippen LogP contribution in [0.2, 0.25) is 0 Å². The van der Waals surface area contributed by atoms with Gasteiger partial charge in [-0.05, 0) is 48.5 Å². The number of rotatable bonds is 5. The topological polar surface area (TPSA) is 96.5 Å². The predicted molar refractivity (Wildman–Crippen MR) is 119 cm³/mol. The fraction of sp³-hybridized carbons (Fsp3) is 0.125. The Labute approximate surface area is 191 Å². The standard InChI is InChI=1S/C24H18F3N3O4/c25-24(26,27)15-6-4-8-17(12-15)29-22(32)14-5-3-7-16(11-14)28-21(31)13-20-23(33)30-18-9-1-2-10-19(18)34-20/h1-12,20H,13H2,(H,28,31)(H,29,32)(H,30,33)/t20-/m1/s1. The normalized spacial score (nSPS) is 14.9. The molecule has 0 bridgehead atoms. The van der Waals surface area contributed by atoms with Crippen LogP contribution in [0.5, 0.6) is 5.75 Å². The van der Waals surface area contributed by atoms with Gasteiger partial charge in [-0.1, -0.05) is 24.3 Å². The van der Waals surface area contributed by atoms with Gasteiger partial charge in [0.1, 0.15) is 5.75 Å². The van der Waals surface area contributed by atoms with Crippen LogP contribution in [-0.2, 0) is 15.8 Å². The smallest absolute Gasteiger partial charge is 0.416 e. The van der Waals surface area contributed by atoms with E-state index in [9.17, 15) is 27.6 Å². The Balaban J connectivity index is 1.39. The van der Waals surface area contributed by atoms with Crippen LogP contribution in [0.1, 0.15) is 22.3 Å². The third-order valence-corrected chi connectivity index (χ3v) is 4.93. The lowest BCUT2D eigenvalue weighted by molar-refractivity contribution is -0.137. The van der Waals surface area contributed by atoms with E-state index in [1.54, 1.807) is 24.3 Å². The summed E-state index contributed by atoms with van der Waals surface area (Å²) in [6, 6.07) is 17.0. The molecule has 0 saturated heterocycles. The summed E-state index contributed by atoms with van der Waals surface area (Å²) in [7, 11) is 0. The molecule has 1 aliphatic heterocycles. The first kappa shape index (κ1) is 22.8. The molecule has 0 aliphatic carbocycles. The molecule has 34 heavy (non-hydrogen) atoms. The zero-order valence-corrected chi connectivity index (χ0v) is 17.5. The molecule has 10 heteroatoms. The maximum absolute atomic E-state index is 12.9. The number of benzene rings is 3. The van der Waals surface area contributed by atoms with Crippen LogP contribution in [-0.4, -0.2) is 23.8 Å². The largest absolute Gasteiger partial charge is 0.478 e. The van der Waals surface area contributed by atoms with Crippen molar-refractivity contribution < 1.29 is 32.3 Å². The van der Waals surface area contributed by atoms with Crippen molar-refractivity contribution in [3.8, 4) is 5.75 Å². The van der Waals surface area contributed by atoms with Gasteiger partial charge in [-0.15, -0.1) is 0 Å². The monoisotopic (exact) mass is 469 g/mol. The van der Waals surface area contributed by atoms with Crippen molar-refractivity contribution in [2.24, 2.45) is 0 Å². The van der Waals surface area contributed by atoms with E-state index in [2.05, 4.69) is 16.0 Å². The van der Waals surface area contributed by atoms with Gasteiger partial charge < -0.3 is 20.7 Å². The third-order valence-electron chi connectivity index (χ3n) is 4.93. The lowest BCUT2D eigenvalue weighted by Gasteiger charge is -2.25. The molecule has 0 radical (unpaired) electrons. The molecule has 0 spiro atoms. The number of para-hydroxylation sites is 2. The van der Waals surface area contributed by atoms with Gasteiger partial charge in [0.05, 0.1) is 17.7 Å². The number of amides is 3. The minimum absolute atomic E-state index is 0.0185. The summed E-state index contributed by atoms with van der Waals surface area (Å²) in [4.78, 5) is 37.2. The summed E-state index contributed by atoms with van der Waals surface area (Å²) in [5, 5.41) is 7.67. The number of carbonyl (C=O) groups is 3. The lowest BCUT2D eigenvalue weighted by atomic mass is 10.1. The van der Waals surface area contributed by atoms with Gasteiger partial charge in [0, 0.05) is 16.9 Å². The van der Waals surface area contributed by atoms with E-state index in [0.717, 1.165) is 12.1 Å². The molecular weight excluding hydrogens is 451 g/mol. The van der Waals surface area contributed by atoms with Crippen LogP contribution in [0.4, 0.5) is 30.2 Å². The molecule has 3 aromatic carbocycles. The molecule has 0 fully saturated rings. The number of halogens is 3. The molecule has 0 saturated carbocycles. The van der Waals surface area contributed by atoms with Gasteiger partial charge in [0.2, 0.25) is 5.91 Å². The Morgan fingerprint density at radius 2 is 1.62 bits per heavy atom. The number of carbonyl (C=O) groups excluding carboxylic acids is 3. The van der Waals surface area contributed by atoms with Crippen LogP contribution in [0.3, 0.4) is 0 Å². The van der Waals surface area contributed by atoms with E-state index in [4.69, 9.17) is 4.74 Å². The van der Waals surface area contributed by atoms with Crippen molar-refractivity contribution in [3.05, 3.63) is 83.9 Å². The Hall–Kier alpha value is -4.34. The quantitative estimate of drug-likeness (QED) is 0.505. The van der Waals surface area contributed by atoms with E-state index in [1.165, 1.54) is 36.4 Å². The van der Waals surface area contributed by atoms with Gasteiger partial charge in [-0.3, -0.25) is 14.4 Å². The van der Waals surface area contributed by atoms with E-state index < -0.39 is 35.6 Å². The lowest BCUT2D eigenvalue weighted by Crippen LogP contribution is -2.39. The molecule has 174 valence electrons. The Morgan fingerprint density at radius 3 is 2.38 bits per heavy atom. The van der Waals surface area contributed by atoms with Gasteiger partial charge in [-0.25, -0.2) is 0 Å². The summed E-state index contributed by atoms with van der Waals surface area (Å²) in [6.07, 6.45) is -5.82. The molecular formula is C24H18F3N3O4. The molecule has 1 aliphatic rings. The van der Waals surface area contributed by atoms with Crippen molar-refractivity contribution in [2.75, 3.05) is 16.0 Å². The third kappa shape index (κ3) is 5.34. The SMILES string of the molecule is O=C(C[C@H]1Oc2ccccc2NC1=O)Nc1cccc(C(=O)Nc2cccc(C(F)(F)F)c2)c1. The van der Waals surface area contributed by atoms with Crippen molar-refractivity contribution in [1.82, 2.24) is 0 Å². The van der Waals surface area contributed by atoms with Crippen molar-refractivity contribution >= 4 is 34.8 Å². The summed E-state index contributed by atoms with van der Waals surface area (Å²) in [5.74, 6) is -1.17. The highest BCUT2D eigenvalue weighted by atomic mass is 19.4. The van der Waals surface area contributed by atoms with E-state index >= 15 is 0 Å². The fourth-order valence-corrected chi connectivity index (χ4v) is 3.32. The molecule has 3 aromatic rings. The fourth-order valence-electron chi connectivity index (χ4n) is 3.32. The van der Waals surface area contributed by atoms with Gasteiger partial charge in [0.25, 0.3) is 11.8 Å². The Kier molecular flexibility index (Phi) is 6.22. The second-order valence-corrected chi connectivity index (χ2v) is 7.46. The second-order valence-electron chi connectivity index (χ2n) is 7.46. The molecule has 4 rings (SSSR count). The molecule has 7 nitrogen and oxygen atoms in total. The average molecular weight is 469 g/mol. The zero-order chi connectivity index (χ0) is 24.3. The number of hydrogen-bond acceptors (Lipinski definition) is 4. The highest BCUT2D eigenvalue weighted by molar-refractivity contribution is 6.06. The van der Waals surface area contributed by atoms with Gasteiger partial charge in [0.15, 0.2) is 6.10 Å². The van der Waals surface area contributed by atoms with Gasteiger partial charge in [-0.2, -0.15) is 13.2 Å². The second kappa shape index (κ2) is 9.26. The van der Waals surface area contributed by atoms with Crippen LogP contribution >= 0.6 is 0 Å². The minimum Gasteiger partial charge on any atom is -0.478 e. The summed E-state index contributed by atoms with van der Waals surface area (Å²) >= 11 is 0. The number of hydrogen-bond donors (Lipinski definition) is 3. The number of fused-ring (bicyclic) bond motifs is 1. The average Bonchev–Trinajstić information content (AvgIpc) is 2.79. The molecule has 1 heterocycles. The van der Waals surface area contributed by atoms with Gasteiger partial charge >= 0.3 is 6.18 Å². The van der Waals surface area contributed by atoms with E-state index in [1.807, 2.05) is 0 Å². The maximum atomic E-state index is 12.9. The number of anilines is 3. The summed E-state index contributed by atoms with van der Waals surface area (Å²) in [5.41, 5.74) is 0.00987. The summed E-state index contributed by atoms with van der Waals surface area (Å²) < 4.78 is 44.2. The first-order valence-electron chi connectivity index (χ1n) is 10.1. The zero-order valence-electron chi connectivity index (χ0n) is 17.5. The number of ether oxygens (including phenoxy) is 1.